The topological polar surface area (TPSA) is 40.7 Å². The fraction of sp³-hybridized carbons (Fsp3) is 0. The summed E-state index contributed by atoms with van der Waals surface area (Å²) in [5, 5.41) is 9.15. The number of aromatic nitrogens is 2. The lowest BCUT2D eigenvalue weighted by Gasteiger charge is -2.02. The number of halogens is 2. The molecule has 0 atom stereocenters. The Morgan fingerprint density at radius 1 is 1.14 bits per heavy atom. The van der Waals surface area contributed by atoms with Gasteiger partial charge in [-0.1, -0.05) is 0 Å². The number of rotatable bonds is 2. The van der Waals surface area contributed by atoms with Gasteiger partial charge in [-0.05, 0) is 12.1 Å². The van der Waals surface area contributed by atoms with Crippen molar-refractivity contribution in [3.63, 3.8) is 0 Å². The van der Waals surface area contributed by atoms with Crippen LogP contribution in [0.1, 0.15) is 0 Å². The molecule has 72 valence electrons. The van der Waals surface area contributed by atoms with Crippen LogP contribution in [0.25, 0.3) is 0 Å². The van der Waals surface area contributed by atoms with Crippen molar-refractivity contribution in [1.29, 1.82) is 0 Å². The SMILES string of the molecule is Fc1ccc(Nc2cn[nH]c2)cc1F. The molecule has 0 amide bonds. The van der Waals surface area contributed by atoms with Gasteiger partial charge in [0.2, 0.25) is 0 Å². The van der Waals surface area contributed by atoms with Gasteiger partial charge in [-0.2, -0.15) is 5.10 Å². The fourth-order valence-corrected chi connectivity index (χ4v) is 1.06. The van der Waals surface area contributed by atoms with Gasteiger partial charge in [0.05, 0.1) is 11.9 Å². The number of aromatic amines is 1. The van der Waals surface area contributed by atoms with E-state index in [9.17, 15) is 8.78 Å². The monoisotopic (exact) mass is 195 g/mol. The zero-order chi connectivity index (χ0) is 9.97. The zero-order valence-electron chi connectivity index (χ0n) is 7.09. The maximum absolute atomic E-state index is 12.8. The first-order valence-corrected chi connectivity index (χ1v) is 3.96. The van der Waals surface area contributed by atoms with Crippen molar-refractivity contribution in [3.05, 3.63) is 42.2 Å². The van der Waals surface area contributed by atoms with Gasteiger partial charge in [0, 0.05) is 18.0 Å². The van der Waals surface area contributed by atoms with Crippen LogP contribution in [0.15, 0.2) is 30.6 Å². The predicted octanol–water partition coefficient (Wildman–Crippen LogP) is 2.43. The molecule has 0 aliphatic heterocycles. The molecule has 0 aliphatic rings. The molecule has 14 heavy (non-hydrogen) atoms. The molecule has 2 rings (SSSR count). The molecule has 1 aromatic heterocycles. The summed E-state index contributed by atoms with van der Waals surface area (Å²) in [5.41, 5.74) is 1.17. The van der Waals surface area contributed by atoms with Gasteiger partial charge < -0.3 is 5.32 Å². The summed E-state index contributed by atoms with van der Waals surface area (Å²) >= 11 is 0. The van der Waals surface area contributed by atoms with Gasteiger partial charge in [-0.15, -0.1) is 0 Å². The molecule has 0 aliphatic carbocycles. The van der Waals surface area contributed by atoms with E-state index in [1.165, 1.54) is 6.07 Å². The quantitative estimate of drug-likeness (QED) is 0.772. The smallest absolute Gasteiger partial charge is 0.160 e. The van der Waals surface area contributed by atoms with Crippen molar-refractivity contribution in [2.24, 2.45) is 0 Å². The minimum atomic E-state index is -0.876. The Morgan fingerprint density at radius 2 is 2.00 bits per heavy atom. The highest BCUT2D eigenvalue weighted by atomic mass is 19.2. The van der Waals surface area contributed by atoms with Crippen molar-refractivity contribution in [1.82, 2.24) is 10.2 Å². The minimum absolute atomic E-state index is 0.477. The summed E-state index contributed by atoms with van der Waals surface area (Å²) < 4.78 is 25.3. The van der Waals surface area contributed by atoms with Gasteiger partial charge in [-0.25, -0.2) is 8.78 Å². The highest BCUT2D eigenvalue weighted by Gasteiger charge is 2.02. The van der Waals surface area contributed by atoms with Crippen LogP contribution in [0, 0.1) is 11.6 Å². The molecule has 2 aromatic rings. The van der Waals surface area contributed by atoms with E-state index in [2.05, 4.69) is 15.5 Å². The van der Waals surface area contributed by atoms with Crippen LogP contribution in [0.4, 0.5) is 20.2 Å². The fourth-order valence-electron chi connectivity index (χ4n) is 1.06. The number of nitrogens with one attached hydrogen (secondary N) is 2. The van der Waals surface area contributed by atoms with Crippen molar-refractivity contribution < 1.29 is 8.78 Å². The molecule has 0 fully saturated rings. The molecule has 0 saturated carbocycles. The molecule has 0 spiro atoms. The highest BCUT2D eigenvalue weighted by molar-refractivity contribution is 5.57. The third-order valence-corrected chi connectivity index (χ3v) is 1.71. The molecule has 0 bridgehead atoms. The van der Waals surface area contributed by atoms with Crippen LogP contribution >= 0.6 is 0 Å². The molecule has 3 nitrogen and oxygen atoms in total. The maximum atomic E-state index is 12.8. The third kappa shape index (κ3) is 1.71. The van der Waals surface area contributed by atoms with Gasteiger partial charge in [0.25, 0.3) is 0 Å². The highest BCUT2D eigenvalue weighted by Crippen LogP contribution is 2.17. The van der Waals surface area contributed by atoms with Crippen molar-refractivity contribution >= 4 is 11.4 Å². The summed E-state index contributed by atoms with van der Waals surface area (Å²) in [6, 6.07) is 3.60. The lowest BCUT2D eigenvalue weighted by molar-refractivity contribution is 0.509. The summed E-state index contributed by atoms with van der Waals surface area (Å²) in [6.07, 6.45) is 3.16. The Morgan fingerprint density at radius 3 is 2.64 bits per heavy atom. The molecular formula is C9H7F2N3. The average molecular weight is 195 g/mol. The Kier molecular flexibility index (Phi) is 2.14. The first-order valence-electron chi connectivity index (χ1n) is 3.96. The van der Waals surface area contributed by atoms with Crippen LogP contribution < -0.4 is 5.32 Å². The maximum Gasteiger partial charge on any atom is 0.160 e. The largest absolute Gasteiger partial charge is 0.353 e. The van der Waals surface area contributed by atoms with E-state index in [0.29, 0.717) is 11.4 Å². The van der Waals surface area contributed by atoms with E-state index in [-0.39, 0.29) is 0 Å². The molecule has 5 heteroatoms. The number of hydrogen-bond donors (Lipinski definition) is 2. The second-order valence-corrected chi connectivity index (χ2v) is 2.74. The van der Waals surface area contributed by atoms with Crippen molar-refractivity contribution in [2.75, 3.05) is 5.32 Å². The molecule has 1 heterocycles. The standard InChI is InChI=1S/C9H7F2N3/c10-8-2-1-6(3-9(8)11)14-7-4-12-13-5-7/h1-5,14H,(H,12,13). The van der Waals surface area contributed by atoms with Crippen LogP contribution in [-0.4, -0.2) is 10.2 Å². The summed E-state index contributed by atoms with van der Waals surface area (Å²) in [7, 11) is 0. The molecule has 1 aromatic carbocycles. The lowest BCUT2D eigenvalue weighted by atomic mass is 10.3. The van der Waals surface area contributed by atoms with Gasteiger partial charge in [0.1, 0.15) is 0 Å². The van der Waals surface area contributed by atoms with Gasteiger partial charge >= 0.3 is 0 Å². The van der Waals surface area contributed by atoms with Crippen LogP contribution in [0.5, 0.6) is 0 Å². The number of hydrogen-bond acceptors (Lipinski definition) is 2. The molecule has 0 radical (unpaired) electrons. The summed E-state index contributed by atoms with van der Waals surface area (Å²) in [6.45, 7) is 0. The molecular weight excluding hydrogens is 188 g/mol. The minimum Gasteiger partial charge on any atom is -0.353 e. The molecule has 2 N–H and O–H groups in total. The van der Waals surface area contributed by atoms with E-state index in [4.69, 9.17) is 0 Å². The van der Waals surface area contributed by atoms with Gasteiger partial charge in [0.15, 0.2) is 11.6 Å². The van der Waals surface area contributed by atoms with Gasteiger partial charge in [-0.3, -0.25) is 5.10 Å². The lowest BCUT2D eigenvalue weighted by Crippen LogP contribution is -1.91. The summed E-state index contributed by atoms with van der Waals surface area (Å²) in [5.74, 6) is -1.73. The van der Waals surface area contributed by atoms with E-state index in [0.717, 1.165) is 12.1 Å². The second kappa shape index (κ2) is 3.45. The average Bonchev–Trinajstić information content (AvgIpc) is 2.64. The predicted molar refractivity (Wildman–Crippen MR) is 48.2 cm³/mol. The first-order chi connectivity index (χ1) is 6.75. The van der Waals surface area contributed by atoms with Crippen molar-refractivity contribution in [2.45, 2.75) is 0 Å². The van der Waals surface area contributed by atoms with Crippen LogP contribution in [0.2, 0.25) is 0 Å². The van der Waals surface area contributed by atoms with E-state index in [1.54, 1.807) is 12.4 Å². The normalized spacial score (nSPS) is 10.1. The van der Waals surface area contributed by atoms with E-state index >= 15 is 0 Å². The Labute approximate surface area is 78.8 Å². The van der Waals surface area contributed by atoms with Crippen molar-refractivity contribution in [3.8, 4) is 0 Å². The second-order valence-electron chi connectivity index (χ2n) is 2.74. The Hall–Kier alpha value is -1.91. The number of nitrogens with zero attached hydrogens (tertiary/aromatic N) is 1. The number of H-pyrrole nitrogens is 1. The van der Waals surface area contributed by atoms with Crippen LogP contribution in [-0.2, 0) is 0 Å². The number of benzene rings is 1. The Bertz CT molecular complexity index is 426. The number of anilines is 2. The van der Waals surface area contributed by atoms with Crippen LogP contribution in [0.3, 0.4) is 0 Å². The molecule has 0 saturated heterocycles. The molecule has 0 unspecified atom stereocenters. The van der Waals surface area contributed by atoms with E-state index in [1.807, 2.05) is 0 Å². The Balaban J connectivity index is 2.22. The zero-order valence-corrected chi connectivity index (χ0v) is 7.09. The van der Waals surface area contributed by atoms with E-state index < -0.39 is 11.6 Å². The summed E-state index contributed by atoms with van der Waals surface area (Å²) in [4.78, 5) is 0. The first kappa shape index (κ1) is 8.68. The third-order valence-electron chi connectivity index (χ3n) is 1.71.